The second-order valence-corrected chi connectivity index (χ2v) is 12.2. The van der Waals surface area contributed by atoms with E-state index in [1.807, 2.05) is 0 Å². The third kappa shape index (κ3) is 3.32. The van der Waals surface area contributed by atoms with Crippen molar-refractivity contribution in [2.24, 2.45) is 0 Å². The van der Waals surface area contributed by atoms with E-state index in [2.05, 4.69) is 60.7 Å². The van der Waals surface area contributed by atoms with Gasteiger partial charge in [0.2, 0.25) is 0 Å². The Morgan fingerprint density at radius 2 is 0.828 bits per heavy atom. The normalized spacial score (nSPS) is 25.5. The van der Waals surface area contributed by atoms with Crippen LogP contribution in [0.3, 0.4) is 0 Å². The Kier molecular flexibility index (Phi) is 5.40. The number of benzene rings is 2. The monoisotopic (exact) mass is 406 g/mol. The van der Waals surface area contributed by atoms with Crippen LogP contribution in [0.25, 0.3) is 0 Å². The van der Waals surface area contributed by atoms with E-state index < -0.39 is 8.56 Å². The van der Waals surface area contributed by atoms with E-state index in [4.69, 9.17) is 8.85 Å². The lowest BCUT2D eigenvalue weighted by molar-refractivity contribution is -0.0691. The van der Waals surface area contributed by atoms with Gasteiger partial charge < -0.3 is 8.85 Å². The molecule has 1 heterocycles. The van der Waals surface area contributed by atoms with Crippen molar-refractivity contribution in [1.82, 2.24) is 0 Å². The molecule has 0 bridgehead atoms. The summed E-state index contributed by atoms with van der Waals surface area (Å²) in [7, 11) is -2.75. The van der Waals surface area contributed by atoms with Gasteiger partial charge in [0.1, 0.15) is 0 Å². The molecule has 154 valence electrons. The Bertz CT molecular complexity index is 718. The highest BCUT2D eigenvalue weighted by molar-refractivity contribution is 6.93. The summed E-state index contributed by atoms with van der Waals surface area (Å²) < 4.78 is 15.0. The molecule has 2 saturated carbocycles. The van der Waals surface area contributed by atoms with E-state index in [-0.39, 0.29) is 11.2 Å². The van der Waals surface area contributed by atoms with E-state index in [1.165, 1.54) is 87.4 Å². The summed E-state index contributed by atoms with van der Waals surface area (Å²) in [5.74, 6) is 0. The molecule has 0 amide bonds. The van der Waals surface area contributed by atoms with E-state index in [0.29, 0.717) is 0 Å². The van der Waals surface area contributed by atoms with Crippen LogP contribution < -0.4 is 10.4 Å². The molecular formula is C26H34O2Si. The summed E-state index contributed by atoms with van der Waals surface area (Å²) >= 11 is 0. The standard InChI is InChI=1S/C26H34O2Si/c1-2-12-20-25(19-11-1)26(21-13-3-4-14-22-26)28-29(27-25,23-15-7-5-8-16-23)24-17-9-6-10-18-24/h5-10,15-18H,1-4,11-14,19-22H2. The third-order valence-electron chi connectivity index (χ3n) is 7.64. The predicted molar refractivity (Wildman–Crippen MR) is 121 cm³/mol. The summed E-state index contributed by atoms with van der Waals surface area (Å²) in [6.07, 6.45) is 15.1. The van der Waals surface area contributed by atoms with Gasteiger partial charge in [-0.1, -0.05) is 112 Å². The van der Waals surface area contributed by atoms with Crippen molar-refractivity contribution < 1.29 is 8.85 Å². The molecule has 2 spiro atoms. The summed E-state index contributed by atoms with van der Waals surface area (Å²) in [4.78, 5) is 0. The molecule has 0 unspecified atom stereocenters. The molecule has 2 aromatic rings. The first-order valence-electron chi connectivity index (χ1n) is 11.8. The van der Waals surface area contributed by atoms with Gasteiger partial charge in [0.15, 0.2) is 0 Å². The zero-order valence-electron chi connectivity index (χ0n) is 17.6. The molecule has 0 atom stereocenters. The van der Waals surface area contributed by atoms with Gasteiger partial charge in [0.25, 0.3) is 0 Å². The Morgan fingerprint density at radius 3 is 1.17 bits per heavy atom. The summed E-state index contributed by atoms with van der Waals surface area (Å²) in [6, 6.07) is 21.8. The smallest absolute Gasteiger partial charge is 0.379 e. The first kappa shape index (κ1) is 19.5. The SMILES string of the molecule is c1ccc([Si]2(c3ccccc3)OC3(CCCCCC3)C3(CCCCCC3)O2)cc1. The minimum Gasteiger partial charge on any atom is -0.379 e. The molecule has 1 saturated heterocycles. The maximum atomic E-state index is 7.50. The molecule has 0 radical (unpaired) electrons. The lowest BCUT2D eigenvalue weighted by Gasteiger charge is -2.43. The lowest BCUT2D eigenvalue weighted by Crippen LogP contribution is -2.61. The first-order valence-corrected chi connectivity index (χ1v) is 13.6. The molecule has 0 N–H and O–H groups in total. The average molecular weight is 407 g/mol. The molecule has 3 aliphatic rings. The fourth-order valence-electron chi connectivity index (χ4n) is 6.19. The van der Waals surface area contributed by atoms with Crippen molar-refractivity contribution in [3.8, 4) is 0 Å². The molecule has 3 heteroatoms. The fourth-order valence-corrected chi connectivity index (χ4v) is 10.2. The van der Waals surface area contributed by atoms with Gasteiger partial charge >= 0.3 is 8.56 Å². The number of hydrogen-bond acceptors (Lipinski definition) is 2. The van der Waals surface area contributed by atoms with Gasteiger partial charge in [-0.05, 0) is 36.1 Å². The number of rotatable bonds is 2. The largest absolute Gasteiger partial charge is 0.408 e. The fraction of sp³-hybridized carbons (Fsp3) is 0.538. The number of hydrogen-bond donors (Lipinski definition) is 0. The van der Waals surface area contributed by atoms with Gasteiger partial charge in [-0.15, -0.1) is 0 Å². The Hall–Kier alpha value is -1.42. The van der Waals surface area contributed by atoms with Crippen molar-refractivity contribution >= 4 is 18.9 Å². The highest BCUT2D eigenvalue weighted by atomic mass is 28.4. The molecule has 29 heavy (non-hydrogen) atoms. The topological polar surface area (TPSA) is 18.5 Å². The Balaban J connectivity index is 1.68. The Morgan fingerprint density at radius 1 is 0.483 bits per heavy atom. The van der Waals surface area contributed by atoms with E-state index >= 15 is 0 Å². The summed E-state index contributed by atoms with van der Waals surface area (Å²) in [6.45, 7) is 0. The van der Waals surface area contributed by atoms with Gasteiger partial charge in [0.05, 0.1) is 11.2 Å². The molecule has 1 aliphatic heterocycles. The minimum absolute atomic E-state index is 0.105. The minimum atomic E-state index is -2.75. The van der Waals surface area contributed by atoms with E-state index in [9.17, 15) is 0 Å². The zero-order chi connectivity index (χ0) is 19.6. The van der Waals surface area contributed by atoms with Gasteiger partial charge in [0, 0.05) is 0 Å². The molecule has 2 nitrogen and oxygen atoms in total. The summed E-state index contributed by atoms with van der Waals surface area (Å²) in [5.41, 5.74) is -0.211. The lowest BCUT2D eigenvalue weighted by atomic mass is 9.73. The maximum Gasteiger partial charge on any atom is 0.408 e. The van der Waals surface area contributed by atoms with Crippen molar-refractivity contribution in [3.63, 3.8) is 0 Å². The van der Waals surface area contributed by atoms with Crippen LogP contribution in [0, 0.1) is 0 Å². The van der Waals surface area contributed by atoms with Crippen molar-refractivity contribution in [2.75, 3.05) is 0 Å². The van der Waals surface area contributed by atoms with Crippen LogP contribution in [-0.2, 0) is 8.85 Å². The van der Waals surface area contributed by atoms with Crippen LogP contribution >= 0.6 is 0 Å². The van der Waals surface area contributed by atoms with Crippen molar-refractivity contribution in [1.29, 1.82) is 0 Å². The molecule has 0 aromatic heterocycles. The maximum absolute atomic E-state index is 7.50. The molecule has 2 aliphatic carbocycles. The second-order valence-electron chi connectivity index (χ2n) is 9.37. The average Bonchev–Trinajstić information content (AvgIpc) is 2.99. The van der Waals surface area contributed by atoms with Crippen molar-refractivity contribution in [3.05, 3.63) is 60.7 Å². The van der Waals surface area contributed by atoms with Crippen LogP contribution in [0.2, 0.25) is 0 Å². The third-order valence-corrected chi connectivity index (χ3v) is 11.2. The second kappa shape index (κ2) is 8.01. The first-order chi connectivity index (χ1) is 14.3. The van der Waals surface area contributed by atoms with Crippen LogP contribution in [-0.4, -0.2) is 19.8 Å². The summed E-state index contributed by atoms with van der Waals surface area (Å²) in [5, 5.41) is 2.55. The van der Waals surface area contributed by atoms with E-state index in [1.54, 1.807) is 0 Å². The van der Waals surface area contributed by atoms with Gasteiger partial charge in [-0.3, -0.25) is 0 Å². The zero-order valence-corrected chi connectivity index (χ0v) is 18.6. The number of fused-ring (bicyclic) bond motifs is 1. The van der Waals surface area contributed by atoms with Gasteiger partial charge in [-0.25, -0.2) is 0 Å². The molecular weight excluding hydrogens is 372 g/mol. The van der Waals surface area contributed by atoms with Crippen molar-refractivity contribution in [2.45, 2.75) is 88.3 Å². The van der Waals surface area contributed by atoms with E-state index in [0.717, 1.165) is 0 Å². The Labute approximate surface area is 176 Å². The molecule has 3 fully saturated rings. The van der Waals surface area contributed by atoms with Crippen LogP contribution in [0.1, 0.15) is 77.0 Å². The van der Waals surface area contributed by atoms with Crippen LogP contribution in [0.15, 0.2) is 60.7 Å². The molecule has 2 aromatic carbocycles. The van der Waals surface area contributed by atoms with Gasteiger partial charge in [-0.2, -0.15) is 0 Å². The highest BCUT2D eigenvalue weighted by Crippen LogP contribution is 2.54. The van der Waals surface area contributed by atoms with Crippen LogP contribution in [0.4, 0.5) is 0 Å². The predicted octanol–water partition coefficient (Wildman–Crippen LogP) is 5.48. The quantitative estimate of drug-likeness (QED) is 0.615. The molecule has 5 rings (SSSR count). The highest BCUT2D eigenvalue weighted by Gasteiger charge is 2.67. The van der Waals surface area contributed by atoms with Crippen LogP contribution in [0.5, 0.6) is 0 Å².